The molecule has 0 saturated heterocycles. The number of nitrogens with zero attached hydrogens (tertiary/aromatic N) is 1. The van der Waals surface area contributed by atoms with Crippen LogP contribution in [0.3, 0.4) is 0 Å². The fourth-order valence-corrected chi connectivity index (χ4v) is 1.83. The van der Waals surface area contributed by atoms with Gasteiger partial charge < -0.3 is 0 Å². The topological polar surface area (TPSA) is 45.8 Å². The molecule has 0 fully saturated rings. The van der Waals surface area contributed by atoms with E-state index < -0.39 is 0 Å². The maximum Gasteiger partial charge on any atom is 0.260 e. The van der Waals surface area contributed by atoms with Crippen molar-refractivity contribution in [3.63, 3.8) is 0 Å². The van der Waals surface area contributed by atoms with E-state index >= 15 is 0 Å². The zero-order valence-electron chi connectivity index (χ0n) is 6.34. The lowest BCUT2D eigenvalue weighted by Gasteiger charge is -1.98. The molecule has 3 nitrogen and oxygen atoms in total. The van der Waals surface area contributed by atoms with Crippen molar-refractivity contribution in [2.75, 3.05) is 0 Å². The predicted molar refractivity (Wildman–Crippen MR) is 55.1 cm³/mol. The minimum atomic E-state index is -0.234. The summed E-state index contributed by atoms with van der Waals surface area (Å²) < 4.78 is 0.718. The Kier molecular flexibility index (Phi) is 2.09. The smallest absolute Gasteiger partial charge is 0.260 e. The van der Waals surface area contributed by atoms with E-state index in [9.17, 15) is 4.79 Å². The van der Waals surface area contributed by atoms with E-state index in [-0.39, 0.29) is 10.8 Å². The first kappa shape index (κ1) is 8.72. The van der Waals surface area contributed by atoms with Crippen molar-refractivity contribution in [3.05, 3.63) is 38.3 Å². The van der Waals surface area contributed by atoms with E-state index in [2.05, 4.69) is 25.9 Å². The molecular formula is C8H4BrClN2O. The third-order valence-electron chi connectivity index (χ3n) is 1.65. The zero-order chi connectivity index (χ0) is 9.42. The van der Waals surface area contributed by atoms with Gasteiger partial charge in [-0.2, -0.15) is 0 Å². The highest BCUT2D eigenvalue weighted by Gasteiger charge is 2.04. The summed E-state index contributed by atoms with van der Waals surface area (Å²) in [6, 6.07) is 5.32. The van der Waals surface area contributed by atoms with Gasteiger partial charge in [-0.15, -0.1) is 0 Å². The molecule has 1 aromatic carbocycles. The lowest BCUT2D eigenvalue weighted by molar-refractivity contribution is 1.17. The van der Waals surface area contributed by atoms with Crippen LogP contribution in [0, 0.1) is 0 Å². The first-order valence-electron chi connectivity index (χ1n) is 3.52. The molecule has 66 valence electrons. The monoisotopic (exact) mass is 258 g/mol. The summed E-state index contributed by atoms with van der Waals surface area (Å²) in [5.41, 5.74) is 0.352. The lowest BCUT2D eigenvalue weighted by Crippen LogP contribution is -2.08. The normalized spacial score (nSPS) is 10.6. The Hall–Kier alpha value is -0.870. The van der Waals surface area contributed by atoms with Gasteiger partial charge in [0.05, 0.1) is 10.9 Å². The fraction of sp³-hybridized carbons (Fsp3) is 0. The zero-order valence-corrected chi connectivity index (χ0v) is 8.69. The summed E-state index contributed by atoms with van der Waals surface area (Å²) in [6.45, 7) is 0. The summed E-state index contributed by atoms with van der Waals surface area (Å²) >= 11 is 8.86. The highest BCUT2D eigenvalue weighted by Crippen LogP contribution is 2.19. The van der Waals surface area contributed by atoms with Crippen molar-refractivity contribution in [1.29, 1.82) is 0 Å². The summed E-state index contributed by atoms with van der Waals surface area (Å²) in [5.74, 6) is 0. The number of benzene rings is 1. The first-order valence-corrected chi connectivity index (χ1v) is 4.69. The van der Waals surface area contributed by atoms with Crippen molar-refractivity contribution in [1.82, 2.24) is 9.97 Å². The molecule has 1 aromatic heterocycles. The molecule has 13 heavy (non-hydrogen) atoms. The summed E-state index contributed by atoms with van der Waals surface area (Å²) in [6.07, 6.45) is 0. The standard InChI is InChI=1S/C8H4BrClN2O/c9-4-2-1-3-5-6(4)7(13)12-8(10)11-5/h1-3H,(H,11,12,13). The lowest BCUT2D eigenvalue weighted by atomic mass is 10.2. The molecule has 5 heteroatoms. The van der Waals surface area contributed by atoms with Crippen molar-refractivity contribution >= 4 is 38.4 Å². The molecule has 0 atom stereocenters. The molecule has 0 aliphatic rings. The van der Waals surface area contributed by atoms with Crippen LogP contribution in [0.15, 0.2) is 27.5 Å². The number of hydrogen-bond donors (Lipinski definition) is 1. The second-order valence-electron chi connectivity index (χ2n) is 2.49. The second-order valence-corrected chi connectivity index (χ2v) is 3.70. The van der Waals surface area contributed by atoms with Crippen LogP contribution in [-0.2, 0) is 0 Å². The van der Waals surface area contributed by atoms with Crippen LogP contribution in [0.4, 0.5) is 0 Å². The molecule has 0 aliphatic carbocycles. The van der Waals surface area contributed by atoms with E-state index in [0.717, 1.165) is 4.47 Å². The number of hydrogen-bond acceptors (Lipinski definition) is 2. The molecule has 0 spiro atoms. The number of halogens is 2. The molecule has 1 N–H and O–H groups in total. The van der Waals surface area contributed by atoms with Gasteiger partial charge in [0, 0.05) is 4.47 Å². The molecule has 0 amide bonds. The van der Waals surface area contributed by atoms with Crippen LogP contribution in [0.5, 0.6) is 0 Å². The van der Waals surface area contributed by atoms with Gasteiger partial charge in [0.15, 0.2) is 0 Å². The molecular weight excluding hydrogens is 255 g/mol. The van der Waals surface area contributed by atoms with Crippen LogP contribution >= 0.6 is 27.5 Å². The summed E-state index contributed by atoms with van der Waals surface area (Å²) in [4.78, 5) is 17.8. The highest BCUT2D eigenvalue weighted by molar-refractivity contribution is 9.10. The number of aromatic amines is 1. The maximum absolute atomic E-state index is 11.4. The first-order chi connectivity index (χ1) is 6.18. The largest absolute Gasteiger partial charge is 0.297 e. The fourth-order valence-electron chi connectivity index (χ4n) is 1.12. The number of H-pyrrole nitrogens is 1. The van der Waals surface area contributed by atoms with E-state index in [1.54, 1.807) is 18.2 Å². The predicted octanol–water partition coefficient (Wildman–Crippen LogP) is 2.34. The Labute approximate surface area is 86.9 Å². The molecule has 0 radical (unpaired) electrons. The Morgan fingerprint density at radius 1 is 1.46 bits per heavy atom. The third-order valence-corrected chi connectivity index (χ3v) is 2.49. The van der Waals surface area contributed by atoms with Crippen LogP contribution in [0.2, 0.25) is 5.28 Å². The Morgan fingerprint density at radius 2 is 2.23 bits per heavy atom. The van der Waals surface area contributed by atoms with E-state index in [1.807, 2.05) is 0 Å². The number of rotatable bonds is 0. The van der Waals surface area contributed by atoms with Gasteiger partial charge in [0.1, 0.15) is 0 Å². The van der Waals surface area contributed by atoms with Crippen molar-refractivity contribution < 1.29 is 0 Å². The molecule has 1 heterocycles. The van der Waals surface area contributed by atoms with Crippen LogP contribution in [0.25, 0.3) is 10.9 Å². The number of aromatic nitrogens is 2. The summed E-state index contributed by atoms with van der Waals surface area (Å²) in [5, 5.41) is 0.627. The van der Waals surface area contributed by atoms with E-state index in [4.69, 9.17) is 11.6 Å². The molecule has 0 saturated carbocycles. The molecule has 0 bridgehead atoms. The molecule has 0 unspecified atom stereocenters. The Bertz CT molecular complexity index is 523. The van der Waals surface area contributed by atoms with Gasteiger partial charge in [-0.25, -0.2) is 4.98 Å². The Morgan fingerprint density at radius 3 is 3.00 bits per heavy atom. The number of fused-ring (bicyclic) bond motifs is 1. The Balaban J connectivity index is 3.03. The SMILES string of the molecule is O=c1[nH]c(Cl)nc2cccc(Br)c12. The van der Waals surface area contributed by atoms with Gasteiger partial charge in [-0.05, 0) is 39.7 Å². The van der Waals surface area contributed by atoms with Gasteiger partial charge >= 0.3 is 0 Å². The number of nitrogens with one attached hydrogen (secondary N) is 1. The van der Waals surface area contributed by atoms with Crippen molar-refractivity contribution in [3.8, 4) is 0 Å². The minimum Gasteiger partial charge on any atom is -0.297 e. The van der Waals surface area contributed by atoms with E-state index in [1.165, 1.54) is 0 Å². The minimum absolute atomic E-state index is 0.107. The highest BCUT2D eigenvalue weighted by atomic mass is 79.9. The van der Waals surface area contributed by atoms with Crippen LogP contribution in [0.1, 0.15) is 0 Å². The van der Waals surface area contributed by atoms with Gasteiger partial charge in [-0.3, -0.25) is 9.78 Å². The molecule has 2 aromatic rings. The van der Waals surface area contributed by atoms with Gasteiger partial charge in [-0.1, -0.05) is 6.07 Å². The van der Waals surface area contributed by atoms with Crippen molar-refractivity contribution in [2.24, 2.45) is 0 Å². The quantitative estimate of drug-likeness (QED) is 0.738. The van der Waals surface area contributed by atoms with Gasteiger partial charge in [0.2, 0.25) is 5.28 Å². The average Bonchev–Trinajstić information content (AvgIpc) is 2.02. The van der Waals surface area contributed by atoms with Crippen LogP contribution in [-0.4, -0.2) is 9.97 Å². The van der Waals surface area contributed by atoms with Crippen LogP contribution < -0.4 is 5.56 Å². The average molecular weight is 259 g/mol. The van der Waals surface area contributed by atoms with E-state index in [0.29, 0.717) is 10.9 Å². The molecule has 0 aliphatic heterocycles. The summed E-state index contributed by atoms with van der Waals surface area (Å²) in [7, 11) is 0. The maximum atomic E-state index is 11.4. The molecule has 2 rings (SSSR count). The van der Waals surface area contributed by atoms with Crippen molar-refractivity contribution in [2.45, 2.75) is 0 Å². The second kappa shape index (κ2) is 3.12. The third kappa shape index (κ3) is 1.47. The van der Waals surface area contributed by atoms with Gasteiger partial charge in [0.25, 0.3) is 5.56 Å².